The molecule has 0 aliphatic rings. The molecule has 0 aliphatic carbocycles. The lowest BCUT2D eigenvalue weighted by Gasteiger charge is -2.19. The summed E-state index contributed by atoms with van der Waals surface area (Å²) in [4.78, 5) is 0. The maximum atomic E-state index is 5.60. The number of rotatable bonds is 5. The van der Waals surface area contributed by atoms with Crippen LogP contribution in [0.15, 0.2) is 30.0 Å². The molecule has 0 N–H and O–H groups in total. The minimum absolute atomic E-state index is 0.636. The van der Waals surface area contributed by atoms with Crippen LogP contribution in [0.25, 0.3) is 11.1 Å². The third-order valence-corrected chi connectivity index (χ3v) is 5.99. The van der Waals surface area contributed by atoms with Crippen LogP contribution in [0, 0.1) is 0 Å². The largest absolute Gasteiger partial charge is 0.495 e. The molecule has 2 rings (SSSR count). The van der Waals surface area contributed by atoms with E-state index in [1.165, 1.54) is 0 Å². The fourth-order valence-corrected chi connectivity index (χ4v) is 5.55. The zero-order valence-corrected chi connectivity index (χ0v) is 19.6. The molecule has 0 bridgehead atoms. The number of ether oxygens (including phenoxy) is 4. The van der Waals surface area contributed by atoms with Crippen molar-refractivity contribution in [2.45, 2.75) is 0 Å². The van der Waals surface area contributed by atoms with Crippen LogP contribution in [0.5, 0.6) is 23.0 Å². The second-order valence-corrected chi connectivity index (χ2v) is 7.87. The highest BCUT2D eigenvalue weighted by atomic mass is 79.9. The Kier molecular flexibility index (Phi) is 6.87. The van der Waals surface area contributed by atoms with Gasteiger partial charge >= 0.3 is 0 Å². The highest BCUT2D eigenvalue weighted by Crippen LogP contribution is 2.52. The van der Waals surface area contributed by atoms with Gasteiger partial charge in [-0.05, 0) is 75.9 Å². The monoisotopic (exact) mass is 586 g/mol. The van der Waals surface area contributed by atoms with Gasteiger partial charge in [0.25, 0.3) is 0 Å². The van der Waals surface area contributed by atoms with Crippen molar-refractivity contribution in [2.24, 2.45) is 0 Å². The first-order valence-corrected chi connectivity index (χ1v) is 9.78. The molecule has 0 atom stereocenters. The van der Waals surface area contributed by atoms with E-state index in [1.54, 1.807) is 28.4 Å². The van der Waals surface area contributed by atoms with Crippen molar-refractivity contribution in [1.29, 1.82) is 0 Å². The fraction of sp³-hybridized carbons (Fsp3) is 0.250. The molecule has 2 aromatic carbocycles. The summed E-state index contributed by atoms with van der Waals surface area (Å²) < 4.78 is 25.0. The molecule has 130 valence electrons. The molecule has 2 aromatic rings. The number of hydrogen-bond donors (Lipinski definition) is 0. The van der Waals surface area contributed by atoms with Crippen LogP contribution in [0.3, 0.4) is 0 Å². The summed E-state index contributed by atoms with van der Waals surface area (Å²) in [6, 6.07) is 3.84. The SMILES string of the molecule is COc1c(Br)cc(-c2cc(Br)c(OC)c(Br)c2OC)c(OC)c1Br. The molecule has 0 saturated heterocycles. The summed E-state index contributed by atoms with van der Waals surface area (Å²) in [7, 11) is 6.42. The lowest BCUT2D eigenvalue weighted by atomic mass is 10.0. The van der Waals surface area contributed by atoms with Crippen LogP contribution in [-0.2, 0) is 0 Å². The van der Waals surface area contributed by atoms with Gasteiger partial charge in [0, 0.05) is 11.1 Å². The molecular weight excluding hydrogens is 576 g/mol. The third kappa shape index (κ3) is 3.43. The van der Waals surface area contributed by atoms with Gasteiger partial charge in [0.05, 0.1) is 37.4 Å². The third-order valence-electron chi connectivity index (χ3n) is 3.37. The normalized spacial score (nSPS) is 10.5. The topological polar surface area (TPSA) is 36.9 Å². The van der Waals surface area contributed by atoms with E-state index in [0.29, 0.717) is 31.9 Å². The first-order valence-electron chi connectivity index (χ1n) is 6.61. The smallest absolute Gasteiger partial charge is 0.151 e. The summed E-state index contributed by atoms with van der Waals surface area (Å²) >= 11 is 14.1. The Hall–Kier alpha value is -0.440. The predicted octanol–water partition coefficient (Wildman–Crippen LogP) is 6.44. The van der Waals surface area contributed by atoms with E-state index in [9.17, 15) is 0 Å². The van der Waals surface area contributed by atoms with Gasteiger partial charge in [-0.1, -0.05) is 0 Å². The van der Waals surface area contributed by atoms with Gasteiger partial charge in [-0.2, -0.15) is 0 Å². The molecule has 0 unspecified atom stereocenters. The van der Waals surface area contributed by atoms with E-state index >= 15 is 0 Å². The Balaban J connectivity index is 2.87. The van der Waals surface area contributed by atoms with Crippen molar-refractivity contribution >= 4 is 63.7 Å². The molecule has 0 heterocycles. The van der Waals surface area contributed by atoms with Crippen molar-refractivity contribution in [2.75, 3.05) is 28.4 Å². The first kappa shape index (κ1) is 19.9. The summed E-state index contributed by atoms with van der Waals surface area (Å²) in [5, 5.41) is 0. The number of halogens is 4. The van der Waals surface area contributed by atoms with E-state index < -0.39 is 0 Å². The lowest BCUT2D eigenvalue weighted by Crippen LogP contribution is -1.98. The van der Waals surface area contributed by atoms with E-state index in [-0.39, 0.29) is 0 Å². The van der Waals surface area contributed by atoms with Gasteiger partial charge in [0.2, 0.25) is 0 Å². The van der Waals surface area contributed by atoms with E-state index in [1.807, 2.05) is 12.1 Å². The fourth-order valence-electron chi connectivity index (χ4n) is 2.34. The van der Waals surface area contributed by atoms with E-state index in [0.717, 1.165) is 20.1 Å². The van der Waals surface area contributed by atoms with Gasteiger partial charge in [0.1, 0.15) is 20.4 Å². The van der Waals surface area contributed by atoms with Crippen LogP contribution >= 0.6 is 63.7 Å². The van der Waals surface area contributed by atoms with Crippen LogP contribution in [-0.4, -0.2) is 28.4 Å². The minimum Gasteiger partial charge on any atom is -0.495 e. The number of methoxy groups -OCH3 is 4. The van der Waals surface area contributed by atoms with Crippen LogP contribution in [0.1, 0.15) is 0 Å². The number of hydrogen-bond acceptors (Lipinski definition) is 4. The molecular formula is C16H14Br4O4. The minimum atomic E-state index is 0.636. The Morgan fingerprint density at radius 2 is 0.833 bits per heavy atom. The Morgan fingerprint density at radius 1 is 0.542 bits per heavy atom. The standard InChI is InChI=1S/C16H14Br4O4/c1-21-13-7(5-9(17)15(23-3)11(13)19)8-6-10(18)16(24-4)12(20)14(8)22-2/h5-6H,1-4H3. The number of benzene rings is 2. The highest BCUT2D eigenvalue weighted by Gasteiger charge is 2.24. The lowest BCUT2D eigenvalue weighted by molar-refractivity contribution is 0.384. The molecule has 0 aromatic heterocycles. The van der Waals surface area contributed by atoms with E-state index in [2.05, 4.69) is 63.7 Å². The zero-order chi connectivity index (χ0) is 18.0. The highest BCUT2D eigenvalue weighted by molar-refractivity contribution is 9.11. The molecule has 4 nitrogen and oxygen atoms in total. The Labute approximate surface area is 174 Å². The summed E-state index contributed by atoms with van der Waals surface area (Å²) in [6.45, 7) is 0. The Bertz CT molecular complexity index is 712. The van der Waals surface area contributed by atoms with Gasteiger partial charge < -0.3 is 18.9 Å². The predicted molar refractivity (Wildman–Crippen MR) is 109 cm³/mol. The first-order chi connectivity index (χ1) is 11.4. The zero-order valence-electron chi connectivity index (χ0n) is 13.3. The van der Waals surface area contributed by atoms with Gasteiger partial charge in [-0.15, -0.1) is 0 Å². The van der Waals surface area contributed by atoms with Gasteiger partial charge in [-0.25, -0.2) is 0 Å². The maximum absolute atomic E-state index is 5.60. The molecule has 0 amide bonds. The molecule has 0 spiro atoms. The average Bonchev–Trinajstić information content (AvgIpc) is 2.54. The van der Waals surface area contributed by atoms with Crippen molar-refractivity contribution in [1.82, 2.24) is 0 Å². The summed E-state index contributed by atoms with van der Waals surface area (Å²) in [5.74, 6) is 2.58. The van der Waals surface area contributed by atoms with Gasteiger partial charge in [-0.3, -0.25) is 0 Å². The van der Waals surface area contributed by atoms with E-state index in [4.69, 9.17) is 18.9 Å². The molecule has 0 radical (unpaired) electrons. The molecule has 0 fully saturated rings. The van der Waals surface area contributed by atoms with Crippen molar-refractivity contribution in [3.8, 4) is 34.1 Å². The van der Waals surface area contributed by atoms with Crippen molar-refractivity contribution in [3.63, 3.8) is 0 Å². The summed E-state index contributed by atoms with van der Waals surface area (Å²) in [6.07, 6.45) is 0. The molecule has 0 saturated carbocycles. The maximum Gasteiger partial charge on any atom is 0.151 e. The van der Waals surface area contributed by atoms with Gasteiger partial charge in [0.15, 0.2) is 11.5 Å². The molecule has 0 aliphatic heterocycles. The summed E-state index contributed by atoms with van der Waals surface area (Å²) in [5.41, 5.74) is 1.66. The van der Waals surface area contributed by atoms with Crippen LogP contribution in [0.2, 0.25) is 0 Å². The average molecular weight is 590 g/mol. The van der Waals surface area contributed by atoms with Crippen LogP contribution < -0.4 is 18.9 Å². The molecule has 8 heteroatoms. The second kappa shape index (κ2) is 8.29. The van der Waals surface area contributed by atoms with Crippen molar-refractivity contribution in [3.05, 3.63) is 30.0 Å². The quantitative estimate of drug-likeness (QED) is 0.402. The van der Waals surface area contributed by atoms with Crippen molar-refractivity contribution < 1.29 is 18.9 Å². The second-order valence-electron chi connectivity index (χ2n) is 4.57. The Morgan fingerprint density at radius 3 is 1.08 bits per heavy atom. The van der Waals surface area contributed by atoms with Crippen LogP contribution in [0.4, 0.5) is 0 Å². The molecule has 24 heavy (non-hydrogen) atoms.